The van der Waals surface area contributed by atoms with Crippen molar-refractivity contribution >= 4 is 21.8 Å². The Morgan fingerprint density at radius 2 is 1.41 bits per heavy atom. The van der Waals surface area contributed by atoms with Crippen LogP contribution < -0.4 is 0 Å². The third-order valence-electron chi connectivity index (χ3n) is 7.44. The molecule has 7 nitrogen and oxygen atoms in total. The third-order valence-corrected chi connectivity index (χ3v) is 9.36. The lowest BCUT2D eigenvalue weighted by Gasteiger charge is -2.37. The fourth-order valence-electron chi connectivity index (χ4n) is 5.50. The Kier molecular flexibility index (Phi) is 6.44. The molecule has 34 heavy (non-hydrogen) atoms. The van der Waals surface area contributed by atoms with Gasteiger partial charge in [0, 0.05) is 38.6 Å². The molecular formula is C26H31N3O4S. The van der Waals surface area contributed by atoms with Crippen LogP contribution in [0.2, 0.25) is 0 Å². The van der Waals surface area contributed by atoms with Crippen molar-refractivity contribution < 1.29 is 18.0 Å². The van der Waals surface area contributed by atoms with Gasteiger partial charge in [-0.05, 0) is 55.4 Å². The molecule has 1 unspecified atom stereocenters. The molecule has 8 heteroatoms. The summed E-state index contributed by atoms with van der Waals surface area (Å²) in [5, 5.41) is 0. The van der Waals surface area contributed by atoms with E-state index in [2.05, 4.69) is 12.1 Å². The second-order valence-electron chi connectivity index (χ2n) is 9.46. The lowest BCUT2D eigenvalue weighted by molar-refractivity contribution is -0.142. The van der Waals surface area contributed by atoms with E-state index in [4.69, 9.17) is 0 Å². The molecule has 180 valence electrons. The molecule has 2 aromatic carbocycles. The first-order valence-corrected chi connectivity index (χ1v) is 13.6. The summed E-state index contributed by atoms with van der Waals surface area (Å²) in [5.41, 5.74) is 2.54. The quantitative estimate of drug-likeness (QED) is 0.673. The monoisotopic (exact) mass is 481 g/mol. The zero-order valence-corrected chi connectivity index (χ0v) is 20.1. The number of hydrogen-bond acceptors (Lipinski definition) is 4. The van der Waals surface area contributed by atoms with E-state index in [1.165, 1.54) is 15.4 Å². The average molecular weight is 482 g/mol. The highest BCUT2D eigenvalue weighted by molar-refractivity contribution is 7.89. The van der Waals surface area contributed by atoms with Gasteiger partial charge in [0.2, 0.25) is 21.8 Å². The maximum absolute atomic E-state index is 13.3. The first-order valence-electron chi connectivity index (χ1n) is 12.2. The molecular weight excluding hydrogens is 450 g/mol. The van der Waals surface area contributed by atoms with Crippen LogP contribution >= 0.6 is 0 Å². The van der Waals surface area contributed by atoms with Crippen molar-refractivity contribution in [3.8, 4) is 0 Å². The second-order valence-corrected chi connectivity index (χ2v) is 11.4. The molecule has 3 heterocycles. The number of nitrogens with zero attached hydrogens (tertiary/aromatic N) is 3. The van der Waals surface area contributed by atoms with E-state index < -0.39 is 16.1 Å². The number of carbonyl (C=O) groups is 2. The summed E-state index contributed by atoms with van der Waals surface area (Å²) in [6.07, 6.45) is 3.35. The van der Waals surface area contributed by atoms with Crippen molar-refractivity contribution in [1.29, 1.82) is 0 Å². The Morgan fingerprint density at radius 3 is 2.15 bits per heavy atom. The van der Waals surface area contributed by atoms with Crippen molar-refractivity contribution in [3.05, 3.63) is 65.7 Å². The minimum absolute atomic E-state index is 0.0814. The highest BCUT2D eigenvalue weighted by Gasteiger charge is 2.42. The van der Waals surface area contributed by atoms with E-state index >= 15 is 0 Å². The number of fused-ring (bicyclic) bond motifs is 1. The SMILES string of the molecule is O=C(C1CCN(C(=O)C2CCCN2S(=O)(=O)c2ccccc2)CC1)N1CCc2ccccc2C1. The van der Waals surface area contributed by atoms with Crippen LogP contribution in [0.5, 0.6) is 0 Å². The van der Waals surface area contributed by atoms with Gasteiger partial charge in [0.15, 0.2) is 0 Å². The van der Waals surface area contributed by atoms with Crippen LogP contribution in [-0.4, -0.2) is 66.6 Å². The van der Waals surface area contributed by atoms with Crippen LogP contribution in [-0.2, 0) is 32.6 Å². The van der Waals surface area contributed by atoms with Gasteiger partial charge in [-0.15, -0.1) is 0 Å². The number of sulfonamides is 1. The number of carbonyl (C=O) groups excluding carboxylic acids is 2. The molecule has 3 aliphatic heterocycles. The summed E-state index contributed by atoms with van der Waals surface area (Å²) < 4.78 is 27.7. The summed E-state index contributed by atoms with van der Waals surface area (Å²) >= 11 is 0. The Hall–Kier alpha value is -2.71. The summed E-state index contributed by atoms with van der Waals surface area (Å²) in [6, 6.07) is 15.9. The molecule has 0 aromatic heterocycles. The van der Waals surface area contributed by atoms with Gasteiger partial charge in [0.25, 0.3) is 0 Å². The van der Waals surface area contributed by atoms with Gasteiger partial charge in [-0.3, -0.25) is 9.59 Å². The number of amides is 2. The first kappa shape index (κ1) is 23.1. The normalized spacial score (nSPS) is 21.9. The van der Waals surface area contributed by atoms with Crippen LogP contribution in [0.4, 0.5) is 0 Å². The second kappa shape index (κ2) is 9.50. The zero-order valence-electron chi connectivity index (χ0n) is 19.3. The molecule has 1 atom stereocenters. The summed E-state index contributed by atoms with van der Waals surface area (Å²) in [7, 11) is -3.71. The molecule has 2 amide bonds. The van der Waals surface area contributed by atoms with Crippen LogP contribution in [0.25, 0.3) is 0 Å². The van der Waals surface area contributed by atoms with E-state index in [1.807, 2.05) is 17.0 Å². The van der Waals surface area contributed by atoms with Gasteiger partial charge in [-0.25, -0.2) is 8.42 Å². The topological polar surface area (TPSA) is 78.0 Å². The maximum atomic E-state index is 13.3. The van der Waals surface area contributed by atoms with Crippen LogP contribution in [0.1, 0.15) is 36.8 Å². The van der Waals surface area contributed by atoms with Gasteiger partial charge in [0.1, 0.15) is 6.04 Å². The predicted molar refractivity (Wildman–Crippen MR) is 128 cm³/mol. The fourth-order valence-corrected chi connectivity index (χ4v) is 7.17. The summed E-state index contributed by atoms with van der Waals surface area (Å²) in [6.45, 7) is 2.75. The molecule has 0 aliphatic carbocycles. The number of rotatable bonds is 4. The van der Waals surface area contributed by atoms with Crippen LogP contribution in [0.3, 0.4) is 0 Å². The molecule has 0 bridgehead atoms. The molecule has 3 aliphatic rings. The average Bonchev–Trinajstić information content (AvgIpc) is 3.39. The Labute approximate surface area is 201 Å². The van der Waals surface area contributed by atoms with Gasteiger partial charge < -0.3 is 9.80 Å². The summed E-state index contributed by atoms with van der Waals surface area (Å²) in [5.74, 6) is -0.0346. The smallest absolute Gasteiger partial charge is 0.243 e. The first-order chi connectivity index (χ1) is 16.4. The molecule has 0 spiro atoms. The van der Waals surface area contributed by atoms with Gasteiger partial charge >= 0.3 is 0 Å². The van der Waals surface area contributed by atoms with E-state index in [0.717, 1.165) is 13.0 Å². The van der Waals surface area contributed by atoms with E-state index in [0.29, 0.717) is 51.9 Å². The Bertz CT molecular complexity index is 1160. The molecule has 2 fully saturated rings. The van der Waals surface area contributed by atoms with Crippen LogP contribution in [0, 0.1) is 5.92 Å². The highest BCUT2D eigenvalue weighted by atomic mass is 32.2. The maximum Gasteiger partial charge on any atom is 0.243 e. The number of piperidine rings is 1. The predicted octanol–water partition coefficient (Wildman–Crippen LogP) is 2.66. The molecule has 0 radical (unpaired) electrons. The van der Waals surface area contributed by atoms with Gasteiger partial charge in [-0.2, -0.15) is 4.31 Å². The standard InChI is InChI=1S/C26H31N3O4S/c30-25(28-18-12-20-7-4-5-8-22(20)19-28)21-13-16-27(17-14-21)26(31)24-11-6-15-29(24)34(32,33)23-9-2-1-3-10-23/h1-5,7-10,21,24H,6,11-19H2. The van der Waals surface area contributed by atoms with Crippen molar-refractivity contribution in [2.45, 2.75) is 49.6 Å². The van der Waals surface area contributed by atoms with Crippen molar-refractivity contribution in [3.63, 3.8) is 0 Å². The Morgan fingerprint density at radius 1 is 0.735 bits per heavy atom. The lowest BCUT2D eigenvalue weighted by atomic mass is 9.92. The van der Waals surface area contributed by atoms with Crippen molar-refractivity contribution in [2.75, 3.05) is 26.2 Å². The highest BCUT2D eigenvalue weighted by Crippen LogP contribution is 2.30. The van der Waals surface area contributed by atoms with E-state index in [9.17, 15) is 18.0 Å². The number of benzene rings is 2. The van der Waals surface area contributed by atoms with Crippen molar-refractivity contribution in [2.24, 2.45) is 5.92 Å². The minimum atomic E-state index is -3.71. The Balaban J connectivity index is 1.20. The minimum Gasteiger partial charge on any atom is -0.341 e. The van der Waals surface area contributed by atoms with Crippen molar-refractivity contribution in [1.82, 2.24) is 14.1 Å². The lowest BCUT2D eigenvalue weighted by Crippen LogP contribution is -2.51. The molecule has 5 rings (SSSR count). The van der Waals surface area contributed by atoms with E-state index in [-0.39, 0.29) is 22.6 Å². The largest absolute Gasteiger partial charge is 0.341 e. The molecule has 2 saturated heterocycles. The number of likely N-dealkylation sites (tertiary alicyclic amines) is 1. The van der Waals surface area contributed by atoms with E-state index in [1.54, 1.807) is 35.2 Å². The molecule has 0 N–H and O–H groups in total. The third kappa shape index (κ3) is 4.36. The molecule has 0 saturated carbocycles. The fraction of sp³-hybridized carbons (Fsp3) is 0.462. The van der Waals surface area contributed by atoms with Gasteiger partial charge in [-0.1, -0.05) is 42.5 Å². The number of hydrogen-bond donors (Lipinski definition) is 0. The summed E-state index contributed by atoms with van der Waals surface area (Å²) in [4.78, 5) is 30.4. The zero-order chi connectivity index (χ0) is 23.7. The molecule has 2 aromatic rings. The van der Waals surface area contributed by atoms with Gasteiger partial charge in [0.05, 0.1) is 4.90 Å². The van der Waals surface area contributed by atoms with Crippen LogP contribution in [0.15, 0.2) is 59.5 Å².